The van der Waals surface area contributed by atoms with Gasteiger partial charge in [0.1, 0.15) is 0 Å². The standard InChI is InChI=1S/C8H7BrClN.ClH/c9-6-3-5-1-2-11-8(5)4-7(6)10;/h3-4,11H,1-2H2;1H. The minimum absolute atomic E-state index is 0. The highest BCUT2D eigenvalue weighted by Crippen LogP contribution is 2.31. The Balaban J connectivity index is 0.000000720. The summed E-state index contributed by atoms with van der Waals surface area (Å²) in [5.41, 5.74) is 2.53. The molecule has 1 nitrogen and oxygen atoms in total. The molecule has 1 aromatic rings. The predicted molar refractivity (Wildman–Crippen MR) is 58.6 cm³/mol. The van der Waals surface area contributed by atoms with Gasteiger partial charge in [0.2, 0.25) is 0 Å². The first kappa shape index (κ1) is 10.2. The molecular formula is C8H8BrCl2N. The van der Waals surface area contributed by atoms with Crippen LogP contribution in [0.4, 0.5) is 5.69 Å². The summed E-state index contributed by atoms with van der Waals surface area (Å²) in [7, 11) is 0. The fourth-order valence-corrected chi connectivity index (χ4v) is 1.85. The fourth-order valence-electron chi connectivity index (χ4n) is 1.29. The van der Waals surface area contributed by atoms with Crippen molar-refractivity contribution in [1.82, 2.24) is 0 Å². The molecule has 0 fully saturated rings. The molecule has 1 aliphatic heterocycles. The molecule has 4 heteroatoms. The predicted octanol–water partition coefficient (Wildman–Crippen LogP) is 3.49. The van der Waals surface area contributed by atoms with Gasteiger partial charge in [-0.1, -0.05) is 11.6 Å². The van der Waals surface area contributed by atoms with E-state index in [1.807, 2.05) is 6.07 Å². The van der Waals surface area contributed by atoms with Crippen molar-refractivity contribution in [3.05, 3.63) is 27.2 Å². The summed E-state index contributed by atoms with van der Waals surface area (Å²) in [5, 5.41) is 4.04. The zero-order valence-electron chi connectivity index (χ0n) is 6.23. The maximum atomic E-state index is 5.91. The summed E-state index contributed by atoms with van der Waals surface area (Å²) in [6.07, 6.45) is 1.10. The molecule has 1 aliphatic rings. The van der Waals surface area contributed by atoms with E-state index in [2.05, 4.69) is 27.3 Å². The molecule has 0 bridgehead atoms. The third-order valence-electron chi connectivity index (χ3n) is 1.86. The highest BCUT2D eigenvalue weighted by molar-refractivity contribution is 9.10. The SMILES string of the molecule is Cl.Clc1cc2c(cc1Br)CCN2. The van der Waals surface area contributed by atoms with Gasteiger partial charge in [0, 0.05) is 16.7 Å². The second kappa shape index (κ2) is 3.86. The van der Waals surface area contributed by atoms with Crippen LogP contribution in [-0.4, -0.2) is 6.54 Å². The van der Waals surface area contributed by atoms with E-state index in [1.54, 1.807) is 0 Å². The summed E-state index contributed by atoms with van der Waals surface area (Å²) < 4.78 is 0.988. The zero-order chi connectivity index (χ0) is 7.84. The molecule has 0 aliphatic carbocycles. The van der Waals surface area contributed by atoms with Crippen LogP contribution >= 0.6 is 39.9 Å². The zero-order valence-corrected chi connectivity index (χ0v) is 9.39. The highest BCUT2D eigenvalue weighted by Gasteiger charge is 2.11. The van der Waals surface area contributed by atoms with Gasteiger partial charge < -0.3 is 5.32 Å². The van der Waals surface area contributed by atoms with Crippen LogP contribution in [0, 0.1) is 0 Å². The molecule has 1 aromatic carbocycles. The molecule has 0 unspecified atom stereocenters. The van der Waals surface area contributed by atoms with Gasteiger partial charge in [-0.25, -0.2) is 0 Å². The van der Waals surface area contributed by atoms with Gasteiger partial charge in [-0.05, 0) is 40.0 Å². The van der Waals surface area contributed by atoms with Gasteiger partial charge >= 0.3 is 0 Å². The summed E-state index contributed by atoms with van der Waals surface area (Å²) in [6, 6.07) is 4.05. The van der Waals surface area contributed by atoms with Gasteiger partial charge in [-0.15, -0.1) is 12.4 Å². The number of fused-ring (bicyclic) bond motifs is 1. The maximum Gasteiger partial charge on any atom is 0.0568 e. The molecule has 12 heavy (non-hydrogen) atoms. The molecule has 66 valence electrons. The van der Waals surface area contributed by atoms with Crippen LogP contribution in [0.25, 0.3) is 0 Å². The van der Waals surface area contributed by atoms with Crippen molar-refractivity contribution in [3.63, 3.8) is 0 Å². The Morgan fingerprint density at radius 3 is 2.92 bits per heavy atom. The number of rotatable bonds is 0. The molecule has 1 heterocycles. The van der Waals surface area contributed by atoms with E-state index in [1.165, 1.54) is 11.3 Å². The minimum Gasteiger partial charge on any atom is -0.384 e. The Bertz CT molecular complexity index is 272. The van der Waals surface area contributed by atoms with Gasteiger partial charge in [-0.3, -0.25) is 0 Å². The van der Waals surface area contributed by atoms with Crippen molar-refractivity contribution >= 4 is 45.6 Å². The quantitative estimate of drug-likeness (QED) is 0.760. The molecular weight excluding hydrogens is 261 g/mol. The molecule has 0 saturated carbocycles. The highest BCUT2D eigenvalue weighted by atomic mass is 79.9. The van der Waals surface area contributed by atoms with E-state index in [9.17, 15) is 0 Å². The van der Waals surface area contributed by atoms with Crippen molar-refractivity contribution in [2.75, 3.05) is 11.9 Å². The van der Waals surface area contributed by atoms with Crippen LogP contribution < -0.4 is 5.32 Å². The second-order valence-corrected chi connectivity index (χ2v) is 3.86. The third kappa shape index (κ3) is 1.70. The Morgan fingerprint density at radius 1 is 1.42 bits per heavy atom. The Labute approximate surface area is 91.0 Å². The van der Waals surface area contributed by atoms with E-state index in [-0.39, 0.29) is 12.4 Å². The lowest BCUT2D eigenvalue weighted by Gasteiger charge is -2.01. The molecule has 0 spiro atoms. The smallest absolute Gasteiger partial charge is 0.0568 e. The van der Waals surface area contributed by atoms with Crippen molar-refractivity contribution < 1.29 is 0 Å². The molecule has 0 aromatic heterocycles. The number of hydrogen-bond donors (Lipinski definition) is 1. The number of nitrogens with one attached hydrogen (secondary N) is 1. The van der Waals surface area contributed by atoms with Crippen LogP contribution in [-0.2, 0) is 6.42 Å². The molecule has 0 radical (unpaired) electrons. The Morgan fingerprint density at radius 2 is 2.17 bits per heavy atom. The lowest BCUT2D eigenvalue weighted by atomic mass is 10.2. The topological polar surface area (TPSA) is 12.0 Å². The lowest BCUT2D eigenvalue weighted by molar-refractivity contribution is 1.10. The number of halogens is 3. The first-order valence-corrected chi connectivity index (χ1v) is 4.66. The van der Waals surface area contributed by atoms with Crippen LogP contribution in [0.3, 0.4) is 0 Å². The molecule has 0 amide bonds. The molecule has 0 saturated heterocycles. The fraction of sp³-hybridized carbons (Fsp3) is 0.250. The van der Waals surface area contributed by atoms with E-state index in [0.29, 0.717) is 0 Å². The number of hydrogen-bond acceptors (Lipinski definition) is 1. The summed E-state index contributed by atoms with van der Waals surface area (Å²) >= 11 is 9.29. The molecule has 2 rings (SSSR count). The van der Waals surface area contributed by atoms with Crippen molar-refractivity contribution in [3.8, 4) is 0 Å². The summed E-state index contributed by atoms with van der Waals surface area (Å²) in [5.74, 6) is 0. The van der Waals surface area contributed by atoms with E-state index >= 15 is 0 Å². The number of benzene rings is 1. The third-order valence-corrected chi connectivity index (χ3v) is 3.05. The van der Waals surface area contributed by atoms with Crippen LogP contribution in [0.5, 0.6) is 0 Å². The monoisotopic (exact) mass is 267 g/mol. The van der Waals surface area contributed by atoms with Crippen LogP contribution in [0.15, 0.2) is 16.6 Å². The minimum atomic E-state index is 0. The van der Waals surface area contributed by atoms with Gasteiger partial charge in [0.05, 0.1) is 5.02 Å². The van der Waals surface area contributed by atoms with Crippen molar-refractivity contribution in [2.45, 2.75) is 6.42 Å². The first-order valence-electron chi connectivity index (χ1n) is 3.49. The molecule has 1 N–H and O–H groups in total. The van der Waals surface area contributed by atoms with E-state index in [0.717, 1.165) is 22.5 Å². The largest absolute Gasteiger partial charge is 0.384 e. The van der Waals surface area contributed by atoms with Gasteiger partial charge in [-0.2, -0.15) is 0 Å². The van der Waals surface area contributed by atoms with Crippen LogP contribution in [0.2, 0.25) is 5.02 Å². The summed E-state index contributed by atoms with van der Waals surface area (Å²) in [4.78, 5) is 0. The van der Waals surface area contributed by atoms with E-state index < -0.39 is 0 Å². The van der Waals surface area contributed by atoms with Gasteiger partial charge in [0.15, 0.2) is 0 Å². The Kier molecular flexibility index (Phi) is 3.27. The average Bonchev–Trinajstić information content (AvgIpc) is 2.36. The molecule has 0 atom stereocenters. The van der Waals surface area contributed by atoms with Crippen LogP contribution in [0.1, 0.15) is 5.56 Å². The first-order chi connectivity index (χ1) is 5.27. The normalized spacial score (nSPS) is 13.2. The van der Waals surface area contributed by atoms with Crippen molar-refractivity contribution in [1.29, 1.82) is 0 Å². The average molecular weight is 269 g/mol. The lowest BCUT2D eigenvalue weighted by Crippen LogP contribution is -1.90. The Hall–Kier alpha value is 0.0800. The summed E-state index contributed by atoms with van der Waals surface area (Å²) in [6.45, 7) is 1.03. The van der Waals surface area contributed by atoms with Crippen molar-refractivity contribution in [2.24, 2.45) is 0 Å². The number of anilines is 1. The van der Waals surface area contributed by atoms with Gasteiger partial charge in [0.25, 0.3) is 0 Å². The van der Waals surface area contributed by atoms with E-state index in [4.69, 9.17) is 11.6 Å². The second-order valence-electron chi connectivity index (χ2n) is 2.60. The maximum absolute atomic E-state index is 5.91.